The number of methoxy groups -OCH3 is 1. The Kier molecular flexibility index (Phi) is 8.19. The van der Waals surface area contributed by atoms with Gasteiger partial charge in [-0.25, -0.2) is 9.18 Å². The predicted molar refractivity (Wildman–Crippen MR) is 148 cm³/mol. The standard InChI is InChI=1S/C31H27FN4O5/c1-40-26-5-3-2-4-25(26)29(37)35-24-12-8-22(9-13-24)28-27(30(38)34-18-20-14-16-33-17-15-20)36(31(39)41-28)19-21-6-10-23(32)11-7-21/h2-17,27-28H,18-19H2,1H3,(H,34,38)(H,35,37). The molecule has 0 bridgehead atoms. The molecule has 10 heteroatoms. The van der Waals surface area contributed by atoms with Crippen molar-refractivity contribution in [1.82, 2.24) is 15.2 Å². The number of carbonyl (C=O) groups excluding carboxylic acids is 3. The summed E-state index contributed by atoms with van der Waals surface area (Å²) >= 11 is 0. The molecule has 3 aromatic carbocycles. The fourth-order valence-electron chi connectivity index (χ4n) is 4.58. The monoisotopic (exact) mass is 554 g/mol. The van der Waals surface area contributed by atoms with Crippen LogP contribution in [0.1, 0.15) is 33.2 Å². The molecule has 1 aliphatic heterocycles. The minimum Gasteiger partial charge on any atom is -0.496 e. The van der Waals surface area contributed by atoms with E-state index in [0.29, 0.717) is 28.1 Å². The van der Waals surface area contributed by atoms with E-state index >= 15 is 0 Å². The summed E-state index contributed by atoms with van der Waals surface area (Å²) in [6.07, 6.45) is 1.67. The van der Waals surface area contributed by atoms with Crippen molar-refractivity contribution in [3.05, 3.63) is 125 Å². The number of anilines is 1. The molecule has 1 saturated heterocycles. The van der Waals surface area contributed by atoms with Crippen molar-refractivity contribution in [3.8, 4) is 5.75 Å². The third-order valence-electron chi connectivity index (χ3n) is 6.68. The lowest BCUT2D eigenvalue weighted by molar-refractivity contribution is -0.126. The second-order valence-electron chi connectivity index (χ2n) is 9.35. The van der Waals surface area contributed by atoms with Crippen LogP contribution in [-0.4, -0.2) is 40.9 Å². The number of aromatic nitrogens is 1. The van der Waals surface area contributed by atoms with Crippen LogP contribution in [0.4, 0.5) is 14.9 Å². The first-order valence-corrected chi connectivity index (χ1v) is 12.9. The summed E-state index contributed by atoms with van der Waals surface area (Å²) in [5, 5.41) is 5.71. The lowest BCUT2D eigenvalue weighted by Gasteiger charge is -2.24. The first-order valence-electron chi connectivity index (χ1n) is 12.9. The molecule has 208 valence electrons. The third-order valence-corrected chi connectivity index (χ3v) is 6.68. The first-order chi connectivity index (χ1) is 19.9. The van der Waals surface area contributed by atoms with Crippen LogP contribution >= 0.6 is 0 Å². The third kappa shape index (κ3) is 6.33. The Bertz CT molecular complexity index is 1530. The van der Waals surface area contributed by atoms with Crippen molar-refractivity contribution in [3.63, 3.8) is 0 Å². The minimum atomic E-state index is -0.997. The number of hydrogen-bond donors (Lipinski definition) is 2. The fraction of sp³-hybridized carbons (Fsp3) is 0.161. The lowest BCUT2D eigenvalue weighted by Crippen LogP contribution is -2.46. The van der Waals surface area contributed by atoms with Gasteiger partial charge in [0.1, 0.15) is 11.6 Å². The van der Waals surface area contributed by atoms with Gasteiger partial charge < -0.3 is 20.1 Å². The molecule has 0 spiro atoms. The number of halogens is 1. The van der Waals surface area contributed by atoms with Gasteiger partial charge in [0.25, 0.3) is 5.91 Å². The highest BCUT2D eigenvalue weighted by Crippen LogP contribution is 2.35. The van der Waals surface area contributed by atoms with Crippen LogP contribution in [0.2, 0.25) is 0 Å². The molecule has 5 rings (SSSR count). The Morgan fingerprint density at radius 3 is 2.37 bits per heavy atom. The van der Waals surface area contributed by atoms with E-state index in [-0.39, 0.29) is 19.0 Å². The summed E-state index contributed by atoms with van der Waals surface area (Å²) in [6, 6.07) is 21.9. The number of pyridine rings is 1. The fourth-order valence-corrected chi connectivity index (χ4v) is 4.58. The van der Waals surface area contributed by atoms with E-state index in [1.54, 1.807) is 85.2 Å². The van der Waals surface area contributed by atoms with Gasteiger partial charge in [-0.1, -0.05) is 36.4 Å². The van der Waals surface area contributed by atoms with Gasteiger partial charge >= 0.3 is 6.09 Å². The summed E-state index contributed by atoms with van der Waals surface area (Å²) in [7, 11) is 1.49. The molecule has 9 nitrogen and oxygen atoms in total. The lowest BCUT2D eigenvalue weighted by atomic mass is 10.00. The van der Waals surface area contributed by atoms with Crippen molar-refractivity contribution >= 4 is 23.6 Å². The van der Waals surface area contributed by atoms with E-state index in [9.17, 15) is 18.8 Å². The van der Waals surface area contributed by atoms with E-state index in [2.05, 4.69) is 15.6 Å². The zero-order valence-corrected chi connectivity index (χ0v) is 22.1. The van der Waals surface area contributed by atoms with E-state index in [1.165, 1.54) is 24.1 Å². The van der Waals surface area contributed by atoms with E-state index in [0.717, 1.165) is 5.56 Å². The highest BCUT2D eigenvalue weighted by molar-refractivity contribution is 6.06. The summed E-state index contributed by atoms with van der Waals surface area (Å²) in [5.74, 6) is -0.712. The molecule has 0 radical (unpaired) electrons. The molecule has 1 aromatic heterocycles. The van der Waals surface area contributed by atoms with E-state index in [4.69, 9.17) is 9.47 Å². The summed E-state index contributed by atoms with van der Waals surface area (Å²) < 4.78 is 24.4. The maximum Gasteiger partial charge on any atom is 0.411 e. The molecule has 0 saturated carbocycles. The molecule has 0 aliphatic carbocycles. The zero-order chi connectivity index (χ0) is 28.8. The van der Waals surface area contributed by atoms with Crippen molar-refractivity contribution in [1.29, 1.82) is 0 Å². The first kappa shape index (κ1) is 27.3. The number of para-hydroxylation sites is 1. The van der Waals surface area contributed by atoms with Crippen LogP contribution in [0.25, 0.3) is 0 Å². The number of hydrogen-bond acceptors (Lipinski definition) is 6. The smallest absolute Gasteiger partial charge is 0.411 e. The Balaban J connectivity index is 1.36. The van der Waals surface area contributed by atoms with Crippen LogP contribution < -0.4 is 15.4 Å². The molecule has 41 heavy (non-hydrogen) atoms. The molecular weight excluding hydrogens is 527 g/mol. The zero-order valence-electron chi connectivity index (χ0n) is 22.1. The van der Waals surface area contributed by atoms with Crippen LogP contribution in [0.15, 0.2) is 97.3 Å². The Labute approximate surface area is 235 Å². The van der Waals surface area contributed by atoms with Crippen LogP contribution in [0, 0.1) is 5.82 Å². The quantitative estimate of drug-likeness (QED) is 0.306. The van der Waals surface area contributed by atoms with Gasteiger partial charge in [-0.2, -0.15) is 0 Å². The molecule has 2 atom stereocenters. The highest BCUT2D eigenvalue weighted by Gasteiger charge is 2.46. The maximum atomic E-state index is 13.5. The summed E-state index contributed by atoms with van der Waals surface area (Å²) in [6.45, 7) is 0.285. The molecule has 1 fully saturated rings. The molecule has 4 aromatic rings. The number of nitrogens with zero attached hydrogens (tertiary/aromatic N) is 2. The Hall–Kier alpha value is -5.25. The molecule has 2 unspecified atom stereocenters. The number of benzene rings is 3. The average molecular weight is 555 g/mol. The second kappa shape index (κ2) is 12.3. The van der Waals surface area contributed by atoms with Gasteiger partial charge in [-0.05, 0) is 65.2 Å². The molecule has 1 aliphatic rings. The van der Waals surface area contributed by atoms with Gasteiger partial charge in [0, 0.05) is 24.6 Å². The van der Waals surface area contributed by atoms with Crippen molar-refractivity contribution in [2.75, 3.05) is 12.4 Å². The maximum absolute atomic E-state index is 13.5. The molecule has 2 N–H and O–H groups in total. The second-order valence-corrected chi connectivity index (χ2v) is 9.35. The van der Waals surface area contributed by atoms with Gasteiger partial charge in [0.05, 0.1) is 19.2 Å². The van der Waals surface area contributed by atoms with Gasteiger partial charge in [-0.15, -0.1) is 0 Å². The molecular formula is C31H27FN4O5. The van der Waals surface area contributed by atoms with E-state index < -0.39 is 30.0 Å². The SMILES string of the molecule is COc1ccccc1C(=O)Nc1ccc(C2OC(=O)N(Cc3ccc(F)cc3)C2C(=O)NCc2ccncc2)cc1. The van der Waals surface area contributed by atoms with Gasteiger partial charge in [0.2, 0.25) is 5.91 Å². The summed E-state index contributed by atoms with van der Waals surface area (Å²) in [4.78, 5) is 44.6. The van der Waals surface area contributed by atoms with Crippen molar-refractivity contribution in [2.24, 2.45) is 0 Å². The number of carbonyl (C=O) groups is 3. The van der Waals surface area contributed by atoms with Crippen LogP contribution in [0.5, 0.6) is 5.75 Å². The van der Waals surface area contributed by atoms with Gasteiger partial charge in [0.15, 0.2) is 12.1 Å². The predicted octanol–water partition coefficient (Wildman–Crippen LogP) is 4.86. The average Bonchev–Trinajstić information content (AvgIpc) is 3.33. The number of amides is 3. The van der Waals surface area contributed by atoms with E-state index in [1.807, 2.05) is 0 Å². The largest absolute Gasteiger partial charge is 0.496 e. The van der Waals surface area contributed by atoms with Crippen LogP contribution in [0.3, 0.4) is 0 Å². The van der Waals surface area contributed by atoms with Crippen molar-refractivity contribution in [2.45, 2.75) is 25.2 Å². The molecule has 3 amide bonds. The van der Waals surface area contributed by atoms with Gasteiger partial charge in [-0.3, -0.25) is 19.5 Å². The molecule has 2 heterocycles. The Morgan fingerprint density at radius 2 is 1.66 bits per heavy atom. The van der Waals surface area contributed by atoms with Crippen molar-refractivity contribution < 1.29 is 28.2 Å². The Morgan fingerprint density at radius 1 is 0.951 bits per heavy atom. The number of ether oxygens (including phenoxy) is 2. The number of nitrogens with one attached hydrogen (secondary N) is 2. The van der Waals surface area contributed by atoms with Crippen LogP contribution in [-0.2, 0) is 22.6 Å². The summed E-state index contributed by atoms with van der Waals surface area (Å²) in [5.41, 5.74) is 2.95. The topological polar surface area (TPSA) is 110 Å². The minimum absolute atomic E-state index is 0.0516. The normalized spacial score (nSPS) is 16.1. The number of cyclic esters (lactones) is 1. The highest BCUT2D eigenvalue weighted by atomic mass is 19.1. The number of rotatable bonds is 9.